The molecule has 104 valence electrons. The van der Waals surface area contributed by atoms with E-state index in [1.54, 1.807) is 0 Å². The Bertz CT molecular complexity index is 507. The second-order valence-electron chi connectivity index (χ2n) is 3.85. The van der Waals surface area contributed by atoms with Crippen molar-refractivity contribution < 1.29 is 24.2 Å². The zero-order valence-electron chi connectivity index (χ0n) is 9.99. The first-order valence-corrected chi connectivity index (χ1v) is 7.11. The number of aliphatic carboxylic acids is 1. The van der Waals surface area contributed by atoms with E-state index >= 15 is 0 Å². The maximum atomic E-state index is 11.3. The number of amides is 1. The van der Waals surface area contributed by atoms with E-state index in [4.69, 9.17) is 5.11 Å². The molecule has 1 fully saturated rings. The van der Waals surface area contributed by atoms with Gasteiger partial charge in [0.2, 0.25) is 5.91 Å². The third-order valence-electron chi connectivity index (χ3n) is 2.67. The Morgan fingerprint density at radius 3 is 2.75 bits per heavy atom. The van der Waals surface area contributed by atoms with Gasteiger partial charge in [-0.15, -0.1) is 11.8 Å². The number of esters is 1. The van der Waals surface area contributed by atoms with Crippen molar-refractivity contribution in [3.05, 3.63) is 23.3 Å². The molecule has 0 aliphatic carbocycles. The van der Waals surface area contributed by atoms with Gasteiger partial charge in [-0.25, -0.2) is 9.59 Å². The molecule has 0 bridgehead atoms. The fourth-order valence-electron chi connectivity index (χ4n) is 1.64. The van der Waals surface area contributed by atoms with Crippen molar-refractivity contribution in [2.24, 2.45) is 0 Å². The Morgan fingerprint density at radius 2 is 2.25 bits per heavy atom. The molecule has 0 aromatic heterocycles. The number of ether oxygens (including phenoxy) is 1. The van der Waals surface area contributed by atoms with Gasteiger partial charge in [0.25, 0.3) is 0 Å². The molecule has 0 spiro atoms. The molecule has 9 heteroatoms. The predicted molar refractivity (Wildman–Crippen MR) is 78.2 cm³/mol. The first-order valence-electron chi connectivity index (χ1n) is 5.29. The van der Waals surface area contributed by atoms with E-state index in [1.807, 2.05) is 0 Å². The van der Waals surface area contributed by atoms with Crippen LogP contribution in [0, 0.1) is 0 Å². The van der Waals surface area contributed by atoms with Gasteiger partial charge in [0.05, 0.1) is 34.0 Å². The second-order valence-corrected chi connectivity index (χ2v) is 6.64. The Hall–Kier alpha value is -0.410. The average Bonchev–Trinajstić information content (AvgIpc) is 2.36. The molecule has 20 heavy (non-hydrogen) atoms. The Balaban J connectivity index is 0.00000200. The van der Waals surface area contributed by atoms with Crippen LogP contribution < -0.4 is 0 Å². The van der Waals surface area contributed by atoms with Gasteiger partial charge in [0, 0.05) is 6.20 Å². The Kier molecular flexibility index (Phi) is 6.21. The van der Waals surface area contributed by atoms with Crippen LogP contribution in [0.5, 0.6) is 0 Å². The summed E-state index contributed by atoms with van der Waals surface area (Å²) in [5.74, 6) is -1.78. The molecule has 1 saturated heterocycles. The van der Waals surface area contributed by atoms with Crippen LogP contribution >= 0.6 is 23.5 Å². The Morgan fingerprint density at radius 1 is 1.60 bits per heavy atom. The van der Waals surface area contributed by atoms with E-state index in [1.165, 1.54) is 30.0 Å². The summed E-state index contributed by atoms with van der Waals surface area (Å²) in [5, 5.41) is 9.10. The zero-order valence-corrected chi connectivity index (χ0v) is 11.6. The van der Waals surface area contributed by atoms with Gasteiger partial charge in [0.15, 0.2) is 0 Å². The minimum absolute atomic E-state index is 0. The van der Waals surface area contributed by atoms with E-state index < -0.39 is 16.5 Å². The molecule has 0 radical (unpaired) electrons. The van der Waals surface area contributed by atoms with Gasteiger partial charge in [-0.05, 0) is 0 Å². The monoisotopic (exact) mass is 325 g/mol. The molecule has 2 rings (SSSR count). The number of carbonyl (C=O) groups is 3. The first-order chi connectivity index (χ1) is 8.93. The van der Waals surface area contributed by atoms with Crippen LogP contribution in [0.1, 0.15) is 6.42 Å². The molecule has 2 aliphatic rings. The summed E-state index contributed by atoms with van der Waals surface area (Å²) in [7, 11) is 1.24. The van der Waals surface area contributed by atoms with Crippen molar-refractivity contribution in [2.45, 2.75) is 16.4 Å². The second kappa shape index (κ2) is 7.04. The van der Waals surface area contributed by atoms with Gasteiger partial charge in [0.1, 0.15) is 0 Å². The van der Waals surface area contributed by atoms with Crippen LogP contribution in [0.4, 0.5) is 0 Å². The zero-order chi connectivity index (χ0) is 14.2. The number of methoxy groups -OCH3 is 1. The number of hydrogen-bond acceptors (Lipinski definition) is 6. The molecule has 1 amide bonds. The first kappa shape index (κ1) is 17.6. The van der Waals surface area contributed by atoms with Crippen LogP contribution in [0.2, 0.25) is 0 Å². The molecule has 1 N–H and O–H groups in total. The summed E-state index contributed by atoms with van der Waals surface area (Å²) < 4.78 is 4.05. The summed E-state index contributed by atoms with van der Waals surface area (Å²) in [5.41, 5.74) is 0.0735. The third kappa shape index (κ3) is 3.43. The van der Waals surface area contributed by atoms with Crippen molar-refractivity contribution in [3.63, 3.8) is 0 Å². The Labute approximate surface area is 146 Å². The molecule has 2 aliphatic heterocycles. The van der Waals surface area contributed by atoms with Crippen LogP contribution in [-0.4, -0.2) is 74.5 Å². The molecule has 2 heterocycles. The average molecular weight is 325 g/mol. The van der Waals surface area contributed by atoms with Crippen molar-refractivity contribution >= 4 is 70.9 Å². The molecular formula is C11H12NNaO5S2. The number of nitrogens with zero attached hydrogens (tertiary/aromatic N) is 1. The van der Waals surface area contributed by atoms with Crippen LogP contribution in [-0.2, 0) is 19.1 Å². The van der Waals surface area contributed by atoms with Gasteiger partial charge in [-0.3, -0.25) is 4.79 Å². The number of fused-ring (bicyclic) bond motifs is 1. The van der Waals surface area contributed by atoms with Gasteiger partial charge in [-0.2, -0.15) is 0 Å². The molecule has 0 saturated carbocycles. The van der Waals surface area contributed by atoms with Crippen LogP contribution in [0.15, 0.2) is 23.3 Å². The van der Waals surface area contributed by atoms with Crippen molar-refractivity contribution in [3.8, 4) is 0 Å². The molecule has 6 nitrogen and oxygen atoms in total. The summed E-state index contributed by atoms with van der Waals surface area (Å²) in [6, 6.07) is 0. The van der Waals surface area contributed by atoms with Gasteiger partial charge in [-0.1, -0.05) is 18.3 Å². The van der Waals surface area contributed by atoms with E-state index in [0.717, 1.165) is 11.8 Å². The summed E-state index contributed by atoms with van der Waals surface area (Å²) in [4.78, 5) is 35.3. The number of carboxylic acids is 1. The topological polar surface area (TPSA) is 83.9 Å². The molecule has 1 unspecified atom stereocenters. The van der Waals surface area contributed by atoms with Crippen molar-refractivity contribution in [1.29, 1.82) is 0 Å². The number of carboxylic acid groups (broad SMARTS) is 1. The quantitative estimate of drug-likeness (QED) is 0.346. The van der Waals surface area contributed by atoms with Crippen LogP contribution in [0.25, 0.3) is 0 Å². The van der Waals surface area contributed by atoms with Crippen molar-refractivity contribution in [2.75, 3.05) is 7.11 Å². The number of carbonyl (C=O) groups excluding carboxylic acids is 2. The van der Waals surface area contributed by atoms with Gasteiger partial charge >= 0.3 is 41.5 Å². The number of β-lactam (4-membered cyclic amide) rings is 1. The van der Waals surface area contributed by atoms with Gasteiger partial charge < -0.3 is 14.7 Å². The predicted octanol–water partition coefficient (Wildman–Crippen LogP) is 0.358. The molecular weight excluding hydrogens is 313 g/mol. The van der Waals surface area contributed by atoms with E-state index in [-0.39, 0.29) is 51.3 Å². The summed E-state index contributed by atoms with van der Waals surface area (Å²) in [6.07, 6.45) is 1.73. The van der Waals surface area contributed by atoms with Crippen LogP contribution in [0.3, 0.4) is 0 Å². The molecule has 0 aromatic carbocycles. The number of thioether (sulfide) groups is 2. The number of rotatable bonds is 4. The maximum absolute atomic E-state index is 11.3. The molecule has 2 atom stereocenters. The fraction of sp³-hybridized carbons (Fsp3) is 0.364. The van der Waals surface area contributed by atoms with E-state index in [2.05, 4.69) is 11.3 Å². The van der Waals surface area contributed by atoms with Crippen molar-refractivity contribution in [1.82, 2.24) is 4.90 Å². The standard InChI is InChI=1S/C11H11NO5S2.Na.H/c1-5(10(16)17-2)18-11-6(9(14)15)4-12-7(13)3-8(12)19-11;;/h4,8,11H,1,3H2,2H3,(H,14,15);;/t8-,11?;;/m1../s1. The number of hydrogen-bond donors (Lipinski definition) is 1. The van der Waals surface area contributed by atoms with E-state index in [0.29, 0.717) is 6.42 Å². The SMILES string of the molecule is C=C(SC1S[C@@H]2CC(=O)N2C=C1C(=O)O)C(=O)OC.[NaH]. The normalized spacial score (nSPS) is 23.8. The fourth-order valence-corrected chi connectivity index (χ4v) is 4.46. The summed E-state index contributed by atoms with van der Waals surface area (Å²) >= 11 is 2.37. The minimum atomic E-state index is -1.11. The third-order valence-corrected chi connectivity index (χ3v) is 5.42. The summed E-state index contributed by atoms with van der Waals surface area (Å²) in [6.45, 7) is 3.56. The van der Waals surface area contributed by atoms with E-state index in [9.17, 15) is 14.4 Å². The molecule has 0 aromatic rings.